The zero-order valence-electron chi connectivity index (χ0n) is 9.49. The van der Waals surface area contributed by atoms with Crippen LogP contribution < -0.4 is 5.32 Å². The fourth-order valence-electron chi connectivity index (χ4n) is 1.09. The average molecular weight is 217 g/mol. The molecule has 0 aromatic heterocycles. The first-order valence-corrected chi connectivity index (χ1v) is 4.89. The van der Waals surface area contributed by atoms with E-state index in [1.807, 2.05) is 0 Å². The third-order valence-corrected chi connectivity index (χ3v) is 2.00. The molecule has 6 nitrogen and oxygen atoms in total. The summed E-state index contributed by atoms with van der Waals surface area (Å²) < 4.78 is 0. The predicted octanol–water partition coefficient (Wildman–Crippen LogP) is -0.336. The number of carboxylic acids is 1. The van der Waals surface area contributed by atoms with Gasteiger partial charge in [0, 0.05) is 26.7 Å². The quantitative estimate of drug-likeness (QED) is 0.638. The van der Waals surface area contributed by atoms with E-state index >= 15 is 0 Å². The van der Waals surface area contributed by atoms with Crippen LogP contribution in [0.2, 0.25) is 0 Å². The maximum absolute atomic E-state index is 11.7. The van der Waals surface area contributed by atoms with E-state index in [0.717, 1.165) is 0 Å². The van der Waals surface area contributed by atoms with Gasteiger partial charge in [-0.2, -0.15) is 0 Å². The normalized spacial score (nSPS) is 9.80. The number of likely N-dealkylation sites (N-methyl/N-ethyl adjacent to an activating group) is 3. The van der Waals surface area contributed by atoms with Crippen LogP contribution in [0.15, 0.2) is 0 Å². The Kier molecular flexibility index (Phi) is 6.44. The van der Waals surface area contributed by atoms with Crippen molar-refractivity contribution >= 4 is 12.0 Å². The van der Waals surface area contributed by atoms with Crippen LogP contribution in [-0.2, 0) is 4.79 Å². The standard InChI is InChI=1S/C9H19N3O3/c1-4-12(7-8(13)14)9(15)11(3)6-5-10-2/h10H,4-7H2,1-3H3,(H,13,14). The first kappa shape index (κ1) is 13.7. The van der Waals surface area contributed by atoms with Crippen molar-refractivity contribution in [3.05, 3.63) is 0 Å². The second-order valence-corrected chi connectivity index (χ2v) is 3.22. The summed E-state index contributed by atoms with van der Waals surface area (Å²) in [6, 6.07) is -0.254. The van der Waals surface area contributed by atoms with E-state index in [1.54, 1.807) is 21.0 Å². The molecule has 0 aliphatic rings. The molecular formula is C9H19N3O3. The Morgan fingerprint density at radius 3 is 2.40 bits per heavy atom. The van der Waals surface area contributed by atoms with Gasteiger partial charge in [0.15, 0.2) is 0 Å². The van der Waals surface area contributed by atoms with Gasteiger partial charge in [0.1, 0.15) is 6.54 Å². The largest absolute Gasteiger partial charge is 0.480 e. The van der Waals surface area contributed by atoms with E-state index in [2.05, 4.69) is 5.32 Å². The maximum atomic E-state index is 11.7. The lowest BCUT2D eigenvalue weighted by Gasteiger charge is -2.25. The van der Waals surface area contributed by atoms with Gasteiger partial charge in [-0.3, -0.25) is 4.79 Å². The molecule has 0 radical (unpaired) electrons. The van der Waals surface area contributed by atoms with Gasteiger partial charge in [-0.25, -0.2) is 4.79 Å². The molecule has 0 aliphatic heterocycles. The molecule has 0 atom stereocenters. The molecule has 15 heavy (non-hydrogen) atoms. The van der Waals surface area contributed by atoms with Gasteiger partial charge in [-0.05, 0) is 14.0 Å². The molecule has 0 unspecified atom stereocenters. The molecule has 0 heterocycles. The van der Waals surface area contributed by atoms with E-state index in [4.69, 9.17) is 5.11 Å². The van der Waals surface area contributed by atoms with Crippen molar-refractivity contribution in [1.29, 1.82) is 0 Å². The number of carbonyl (C=O) groups excluding carboxylic acids is 1. The minimum absolute atomic E-state index is 0.251. The summed E-state index contributed by atoms with van der Waals surface area (Å²) in [4.78, 5) is 25.0. The molecule has 0 aromatic rings. The van der Waals surface area contributed by atoms with Gasteiger partial charge in [-0.15, -0.1) is 0 Å². The molecular weight excluding hydrogens is 198 g/mol. The van der Waals surface area contributed by atoms with E-state index in [9.17, 15) is 9.59 Å². The third-order valence-electron chi connectivity index (χ3n) is 2.00. The zero-order chi connectivity index (χ0) is 11.8. The predicted molar refractivity (Wildman–Crippen MR) is 56.8 cm³/mol. The lowest BCUT2D eigenvalue weighted by molar-refractivity contribution is -0.137. The van der Waals surface area contributed by atoms with Crippen molar-refractivity contribution in [1.82, 2.24) is 15.1 Å². The van der Waals surface area contributed by atoms with Crippen molar-refractivity contribution in [2.75, 3.05) is 40.3 Å². The second-order valence-electron chi connectivity index (χ2n) is 3.22. The number of urea groups is 1. The van der Waals surface area contributed by atoms with Gasteiger partial charge in [-0.1, -0.05) is 0 Å². The van der Waals surface area contributed by atoms with Crippen LogP contribution in [0.5, 0.6) is 0 Å². The van der Waals surface area contributed by atoms with Crippen molar-refractivity contribution in [2.24, 2.45) is 0 Å². The lowest BCUT2D eigenvalue weighted by atomic mass is 10.5. The van der Waals surface area contributed by atoms with Crippen LogP contribution in [0.1, 0.15) is 6.92 Å². The Labute approximate surface area is 89.8 Å². The van der Waals surface area contributed by atoms with Crippen LogP contribution in [0.3, 0.4) is 0 Å². The summed E-state index contributed by atoms with van der Waals surface area (Å²) in [5, 5.41) is 11.5. The first-order valence-electron chi connectivity index (χ1n) is 4.89. The van der Waals surface area contributed by atoms with Gasteiger partial charge in [0.2, 0.25) is 0 Å². The van der Waals surface area contributed by atoms with E-state index in [0.29, 0.717) is 19.6 Å². The Bertz CT molecular complexity index is 221. The molecule has 2 amide bonds. The van der Waals surface area contributed by atoms with Crippen LogP contribution in [0.4, 0.5) is 4.79 Å². The summed E-state index contributed by atoms with van der Waals surface area (Å²) in [5.74, 6) is -0.993. The van der Waals surface area contributed by atoms with Crippen LogP contribution in [-0.4, -0.2) is 67.2 Å². The van der Waals surface area contributed by atoms with Crippen molar-refractivity contribution in [3.8, 4) is 0 Å². The Morgan fingerprint density at radius 2 is 2.00 bits per heavy atom. The first-order chi connectivity index (χ1) is 7.02. The molecule has 0 spiro atoms. The maximum Gasteiger partial charge on any atom is 0.323 e. The number of carbonyl (C=O) groups is 2. The smallest absolute Gasteiger partial charge is 0.323 e. The Balaban J connectivity index is 4.17. The molecule has 0 rings (SSSR count). The topological polar surface area (TPSA) is 72.9 Å². The van der Waals surface area contributed by atoms with Crippen LogP contribution in [0.25, 0.3) is 0 Å². The SMILES string of the molecule is CCN(CC(=O)O)C(=O)N(C)CCNC. The summed E-state index contributed by atoms with van der Waals surface area (Å²) >= 11 is 0. The minimum Gasteiger partial charge on any atom is -0.480 e. The van der Waals surface area contributed by atoms with Gasteiger partial charge < -0.3 is 20.2 Å². The molecule has 0 fully saturated rings. The van der Waals surface area contributed by atoms with Gasteiger partial charge in [0.05, 0.1) is 0 Å². The summed E-state index contributed by atoms with van der Waals surface area (Å²) in [7, 11) is 3.46. The summed E-state index contributed by atoms with van der Waals surface area (Å²) in [6.07, 6.45) is 0. The van der Waals surface area contributed by atoms with E-state index < -0.39 is 5.97 Å². The number of carboxylic acid groups (broad SMARTS) is 1. The molecule has 2 N–H and O–H groups in total. The lowest BCUT2D eigenvalue weighted by Crippen LogP contribution is -2.45. The molecule has 0 aromatic carbocycles. The number of nitrogens with zero attached hydrogens (tertiary/aromatic N) is 2. The highest BCUT2D eigenvalue weighted by molar-refractivity contribution is 5.79. The Hall–Kier alpha value is -1.30. The second kappa shape index (κ2) is 7.05. The number of aliphatic carboxylic acids is 1. The fourth-order valence-corrected chi connectivity index (χ4v) is 1.09. The number of nitrogens with one attached hydrogen (secondary N) is 1. The zero-order valence-corrected chi connectivity index (χ0v) is 9.49. The summed E-state index contributed by atoms with van der Waals surface area (Å²) in [5.41, 5.74) is 0. The highest BCUT2D eigenvalue weighted by Crippen LogP contribution is 1.96. The van der Waals surface area contributed by atoms with Crippen molar-refractivity contribution in [2.45, 2.75) is 6.92 Å². The van der Waals surface area contributed by atoms with E-state index in [-0.39, 0.29) is 12.6 Å². The molecule has 0 bridgehead atoms. The third kappa shape index (κ3) is 5.21. The monoisotopic (exact) mass is 217 g/mol. The number of amides is 2. The van der Waals surface area contributed by atoms with Crippen molar-refractivity contribution in [3.63, 3.8) is 0 Å². The minimum atomic E-state index is -0.993. The molecule has 0 saturated carbocycles. The molecule has 6 heteroatoms. The van der Waals surface area contributed by atoms with E-state index in [1.165, 1.54) is 9.80 Å². The fraction of sp³-hybridized carbons (Fsp3) is 0.778. The molecule has 0 aliphatic carbocycles. The average Bonchev–Trinajstić information content (AvgIpc) is 2.21. The van der Waals surface area contributed by atoms with Crippen LogP contribution in [0, 0.1) is 0 Å². The van der Waals surface area contributed by atoms with Crippen LogP contribution >= 0.6 is 0 Å². The number of hydrogen-bond donors (Lipinski definition) is 2. The molecule has 88 valence electrons. The van der Waals surface area contributed by atoms with Gasteiger partial charge >= 0.3 is 12.0 Å². The highest BCUT2D eigenvalue weighted by Gasteiger charge is 2.17. The van der Waals surface area contributed by atoms with Gasteiger partial charge in [0.25, 0.3) is 0 Å². The van der Waals surface area contributed by atoms with Crippen molar-refractivity contribution < 1.29 is 14.7 Å². The number of hydrogen-bond acceptors (Lipinski definition) is 3. The Morgan fingerprint density at radius 1 is 1.40 bits per heavy atom. The summed E-state index contributed by atoms with van der Waals surface area (Å²) in [6.45, 7) is 3.15. The highest BCUT2D eigenvalue weighted by atomic mass is 16.4. The molecule has 0 saturated heterocycles. The number of rotatable bonds is 6.